The molecule has 0 saturated heterocycles. The third-order valence-corrected chi connectivity index (χ3v) is 3.14. The Kier molecular flexibility index (Phi) is 4.62. The van der Waals surface area contributed by atoms with Gasteiger partial charge in [0.15, 0.2) is 5.69 Å². The topological polar surface area (TPSA) is 68.3 Å². The van der Waals surface area contributed by atoms with E-state index in [0.717, 1.165) is 5.01 Å². The van der Waals surface area contributed by atoms with Crippen molar-refractivity contribution in [2.45, 2.75) is 26.8 Å². The van der Waals surface area contributed by atoms with E-state index in [0.29, 0.717) is 0 Å². The van der Waals surface area contributed by atoms with Crippen molar-refractivity contribution in [2.24, 2.45) is 5.92 Å². The van der Waals surface area contributed by atoms with Crippen LogP contribution in [0.25, 0.3) is 0 Å². The van der Waals surface area contributed by atoms with Gasteiger partial charge in [-0.3, -0.25) is 4.79 Å². The highest BCUT2D eigenvalue weighted by molar-refractivity contribution is 7.09. The van der Waals surface area contributed by atoms with E-state index in [1.165, 1.54) is 25.4 Å². The van der Waals surface area contributed by atoms with Crippen molar-refractivity contribution >= 4 is 23.2 Å². The van der Waals surface area contributed by atoms with E-state index in [-0.39, 0.29) is 23.6 Å². The molecule has 0 radical (unpaired) electrons. The number of hydrogen-bond donors (Lipinski definition) is 1. The molecule has 1 heterocycles. The van der Waals surface area contributed by atoms with Crippen LogP contribution in [0.2, 0.25) is 0 Å². The van der Waals surface area contributed by atoms with E-state index in [2.05, 4.69) is 15.0 Å². The number of aromatic nitrogens is 1. The number of ether oxygens (including phenoxy) is 1. The fourth-order valence-corrected chi connectivity index (χ4v) is 2.37. The molecule has 0 aliphatic heterocycles. The van der Waals surface area contributed by atoms with Crippen molar-refractivity contribution in [3.05, 3.63) is 16.1 Å². The van der Waals surface area contributed by atoms with Gasteiger partial charge in [0.25, 0.3) is 0 Å². The van der Waals surface area contributed by atoms with Crippen molar-refractivity contribution in [3.8, 4) is 0 Å². The Bertz CT molecular complexity index is 415. The van der Waals surface area contributed by atoms with Crippen molar-refractivity contribution in [2.75, 3.05) is 7.11 Å². The number of carbonyl (C=O) groups excluding carboxylic acids is 2. The molecule has 1 aromatic rings. The molecular formula is C11H16N2O3S. The summed E-state index contributed by atoms with van der Waals surface area (Å²) >= 11 is 1.34. The highest BCUT2D eigenvalue weighted by Gasteiger charge is 2.22. The second kappa shape index (κ2) is 5.77. The molecule has 0 bridgehead atoms. The minimum atomic E-state index is -0.460. The molecule has 0 saturated carbocycles. The van der Waals surface area contributed by atoms with Crippen LogP contribution in [-0.4, -0.2) is 24.0 Å². The molecule has 1 atom stereocenters. The van der Waals surface area contributed by atoms with Crippen molar-refractivity contribution in [3.63, 3.8) is 0 Å². The van der Waals surface area contributed by atoms with Crippen molar-refractivity contribution in [1.29, 1.82) is 0 Å². The Hall–Kier alpha value is -1.43. The van der Waals surface area contributed by atoms with Gasteiger partial charge < -0.3 is 10.1 Å². The first-order chi connectivity index (χ1) is 7.95. The number of nitrogens with one attached hydrogen (secondary N) is 1. The van der Waals surface area contributed by atoms with E-state index in [4.69, 9.17) is 0 Å². The summed E-state index contributed by atoms with van der Waals surface area (Å²) in [5.41, 5.74) is 0.281. The third kappa shape index (κ3) is 3.52. The third-order valence-electron chi connectivity index (χ3n) is 2.21. The number of carbonyl (C=O) groups is 2. The maximum absolute atomic E-state index is 11.3. The molecule has 1 aromatic heterocycles. The van der Waals surface area contributed by atoms with Crippen LogP contribution < -0.4 is 5.32 Å². The maximum Gasteiger partial charge on any atom is 0.357 e. The van der Waals surface area contributed by atoms with Crippen LogP contribution >= 0.6 is 11.3 Å². The summed E-state index contributed by atoms with van der Waals surface area (Å²) in [7, 11) is 1.31. The predicted molar refractivity (Wildman–Crippen MR) is 64.8 cm³/mol. The molecule has 0 fully saturated rings. The first kappa shape index (κ1) is 13.6. The zero-order valence-corrected chi connectivity index (χ0v) is 11.1. The fraction of sp³-hybridized carbons (Fsp3) is 0.545. The van der Waals surface area contributed by atoms with Gasteiger partial charge in [0.05, 0.1) is 13.2 Å². The van der Waals surface area contributed by atoms with E-state index in [9.17, 15) is 9.59 Å². The van der Waals surface area contributed by atoms with Gasteiger partial charge in [-0.05, 0) is 5.92 Å². The highest BCUT2D eigenvalue weighted by atomic mass is 32.1. The Morgan fingerprint density at radius 3 is 2.59 bits per heavy atom. The Morgan fingerprint density at radius 2 is 2.12 bits per heavy atom. The molecule has 1 N–H and O–H groups in total. The van der Waals surface area contributed by atoms with Crippen LogP contribution in [0.4, 0.5) is 0 Å². The van der Waals surface area contributed by atoms with E-state index >= 15 is 0 Å². The van der Waals surface area contributed by atoms with Crippen molar-refractivity contribution in [1.82, 2.24) is 10.3 Å². The lowest BCUT2D eigenvalue weighted by Gasteiger charge is -2.18. The molecule has 0 aliphatic carbocycles. The molecule has 1 unspecified atom stereocenters. The number of thiazole rings is 1. The Labute approximate surface area is 104 Å². The first-order valence-corrected chi connectivity index (χ1v) is 6.14. The quantitative estimate of drug-likeness (QED) is 0.833. The van der Waals surface area contributed by atoms with Crippen LogP contribution in [0.1, 0.15) is 42.3 Å². The van der Waals surface area contributed by atoms with E-state index < -0.39 is 5.97 Å². The Balaban J connectivity index is 2.91. The number of nitrogens with zero attached hydrogens (tertiary/aromatic N) is 1. The van der Waals surface area contributed by atoms with Gasteiger partial charge in [-0.1, -0.05) is 13.8 Å². The largest absolute Gasteiger partial charge is 0.464 e. The molecule has 6 heteroatoms. The molecular weight excluding hydrogens is 240 g/mol. The summed E-state index contributed by atoms with van der Waals surface area (Å²) in [6.07, 6.45) is 0. The smallest absolute Gasteiger partial charge is 0.357 e. The number of rotatable bonds is 4. The van der Waals surface area contributed by atoms with Crippen LogP contribution in [-0.2, 0) is 9.53 Å². The molecule has 94 valence electrons. The minimum absolute atomic E-state index is 0.112. The van der Waals surface area contributed by atoms with Gasteiger partial charge in [0.1, 0.15) is 5.01 Å². The standard InChI is InChI=1S/C11H16N2O3S/c1-6(2)9(12-7(3)14)10-13-8(5-17-10)11(15)16-4/h5-6,9H,1-4H3,(H,12,14). The summed E-state index contributed by atoms with van der Waals surface area (Å²) in [5, 5.41) is 5.18. The number of methoxy groups -OCH3 is 1. The lowest BCUT2D eigenvalue weighted by molar-refractivity contribution is -0.120. The minimum Gasteiger partial charge on any atom is -0.464 e. The van der Waals surface area contributed by atoms with Crippen molar-refractivity contribution < 1.29 is 14.3 Å². The van der Waals surface area contributed by atoms with Crippen LogP contribution in [0, 0.1) is 5.92 Å². The van der Waals surface area contributed by atoms with Gasteiger partial charge >= 0.3 is 5.97 Å². The predicted octanol–water partition coefficient (Wildman–Crippen LogP) is 1.76. The maximum atomic E-state index is 11.3. The zero-order valence-electron chi connectivity index (χ0n) is 10.3. The van der Waals surface area contributed by atoms with Gasteiger partial charge in [-0.15, -0.1) is 11.3 Å². The highest BCUT2D eigenvalue weighted by Crippen LogP contribution is 2.25. The number of esters is 1. The first-order valence-electron chi connectivity index (χ1n) is 5.26. The lowest BCUT2D eigenvalue weighted by Crippen LogP contribution is -2.29. The Morgan fingerprint density at radius 1 is 1.47 bits per heavy atom. The van der Waals surface area contributed by atoms with Crippen LogP contribution in [0.3, 0.4) is 0 Å². The van der Waals surface area contributed by atoms with Gasteiger partial charge in [0.2, 0.25) is 5.91 Å². The second-order valence-corrected chi connectivity index (χ2v) is 4.87. The normalized spacial score (nSPS) is 12.3. The van der Waals surface area contributed by atoms with E-state index in [1.54, 1.807) is 5.38 Å². The summed E-state index contributed by atoms with van der Waals surface area (Å²) < 4.78 is 4.59. The average molecular weight is 256 g/mol. The fourth-order valence-electron chi connectivity index (χ4n) is 1.36. The van der Waals surface area contributed by atoms with Gasteiger partial charge in [0, 0.05) is 12.3 Å². The molecule has 0 aromatic carbocycles. The summed E-state index contributed by atoms with van der Waals surface area (Å²) in [5.74, 6) is -0.369. The van der Waals surface area contributed by atoms with Crippen LogP contribution in [0.5, 0.6) is 0 Å². The SMILES string of the molecule is COC(=O)c1csc(C(NC(C)=O)C(C)C)n1. The molecule has 0 aliphatic rings. The molecule has 1 rings (SSSR count). The molecule has 1 amide bonds. The summed E-state index contributed by atoms with van der Waals surface area (Å²) in [4.78, 5) is 26.6. The van der Waals surface area contributed by atoms with Gasteiger partial charge in [-0.2, -0.15) is 0 Å². The monoisotopic (exact) mass is 256 g/mol. The lowest BCUT2D eigenvalue weighted by atomic mass is 10.1. The molecule has 17 heavy (non-hydrogen) atoms. The summed E-state index contributed by atoms with van der Waals surface area (Å²) in [6.45, 7) is 5.43. The molecule has 5 nitrogen and oxygen atoms in total. The number of amides is 1. The second-order valence-electron chi connectivity index (χ2n) is 3.98. The van der Waals surface area contributed by atoms with Crippen LogP contribution in [0.15, 0.2) is 5.38 Å². The van der Waals surface area contributed by atoms with E-state index in [1.807, 2.05) is 13.8 Å². The average Bonchev–Trinajstić information content (AvgIpc) is 2.73. The summed E-state index contributed by atoms with van der Waals surface area (Å²) in [6, 6.07) is -0.170. The number of hydrogen-bond acceptors (Lipinski definition) is 5. The van der Waals surface area contributed by atoms with Gasteiger partial charge in [-0.25, -0.2) is 9.78 Å². The zero-order chi connectivity index (χ0) is 13.0. The molecule has 0 spiro atoms.